The number of nitrogens with one attached hydrogen (secondary N) is 1. The lowest BCUT2D eigenvalue weighted by atomic mass is 9.95. The molecule has 1 N–H and O–H groups in total. The molecule has 1 saturated carbocycles. The van der Waals surface area contributed by atoms with Gasteiger partial charge in [-0.25, -0.2) is 8.42 Å². The topological polar surface area (TPSA) is 86.8 Å². The lowest BCUT2D eigenvalue weighted by Gasteiger charge is -2.34. The second kappa shape index (κ2) is 15.0. The van der Waals surface area contributed by atoms with Crippen LogP contribution in [0.5, 0.6) is 0 Å². The molecule has 0 aromatic heterocycles. The number of hydrogen-bond acceptors (Lipinski definition) is 4. The van der Waals surface area contributed by atoms with Gasteiger partial charge in [0.25, 0.3) is 10.0 Å². The number of rotatable bonds is 11. The zero-order chi connectivity index (χ0) is 31.1. The van der Waals surface area contributed by atoms with Crippen molar-refractivity contribution in [1.82, 2.24) is 10.2 Å². The van der Waals surface area contributed by atoms with Gasteiger partial charge in [0.15, 0.2) is 0 Å². The molecule has 1 fully saturated rings. The van der Waals surface area contributed by atoms with Gasteiger partial charge in [-0.1, -0.05) is 96.9 Å². The summed E-state index contributed by atoms with van der Waals surface area (Å²) in [5, 5.41) is 4.26. The average molecular weight is 686 g/mol. The summed E-state index contributed by atoms with van der Waals surface area (Å²) in [6.07, 6.45) is 5.22. The van der Waals surface area contributed by atoms with E-state index in [1.807, 2.05) is 6.92 Å². The van der Waals surface area contributed by atoms with Crippen LogP contribution in [0.25, 0.3) is 0 Å². The number of carbonyl (C=O) groups is 2. The van der Waals surface area contributed by atoms with E-state index in [-0.39, 0.29) is 39.1 Å². The third-order valence-corrected chi connectivity index (χ3v) is 10.3. The normalized spacial score (nSPS) is 14.6. The molecule has 1 atom stereocenters. The van der Waals surface area contributed by atoms with Gasteiger partial charge in [0, 0.05) is 32.7 Å². The number of anilines is 1. The van der Waals surface area contributed by atoms with Crippen LogP contribution in [0, 0.1) is 0 Å². The van der Waals surface area contributed by atoms with E-state index in [0.29, 0.717) is 22.0 Å². The molecule has 2 amide bonds. The zero-order valence-electron chi connectivity index (χ0n) is 23.6. The predicted octanol–water partition coefficient (Wildman–Crippen LogP) is 7.75. The first kappa shape index (κ1) is 33.4. The Kier molecular flexibility index (Phi) is 11.6. The molecule has 1 aliphatic carbocycles. The molecule has 43 heavy (non-hydrogen) atoms. The Morgan fingerprint density at radius 3 is 2.14 bits per heavy atom. The van der Waals surface area contributed by atoms with E-state index in [1.54, 1.807) is 36.4 Å². The summed E-state index contributed by atoms with van der Waals surface area (Å²) in [6.45, 7) is 1.15. The summed E-state index contributed by atoms with van der Waals surface area (Å²) in [5.41, 5.74) is 0.672. The van der Waals surface area contributed by atoms with Gasteiger partial charge < -0.3 is 10.2 Å². The highest BCUT2D eigenvalue weighted by Gasteiger charge is 2.35. The standard InChI is InChI=1S/C31H33Cl4N3O4S/c1-2-29(31(40)36-25-9-5-3-6-10-25)37(19-21-13-14-22(32)18-28(21)35)30(39)20-38(26-16-23(33)15-24(34)17-26)43(41,42)27-11-7-4-8-12-27/h4,7-8,11-18,25,29H,2-3,5-6,9-10,19-20H2,1H3,(H,36,40)/t29-/m0/s1. The Balaban J connectivity index is 1.74. The van der Waals surface area contributed by atoms with Crippen molar-refractivity contribution >= 4 is 73.9 Å². The van der Waals surface area contributed by atoms with E-state index in [0.717, 1.165) is 36.4 Å². The van der Waals surface area contributed by atoms with Crippen LogP contribution in [-0.4, -0.2) is 43.8 Å². The van der Waals surface area contributed by atoms with Gasteiger partial charge in [-0.15, -0.1) is 0 Å². The molecule has 3 aromatic carbocycles. The van der Waals surface area contributed by atoms with Crippen LogP contribution in [0.15, 0.2) is 71.6 Å². The van der Waals surface area contributed by atoms with Crippen LogP contribution < -0.4 is 9.62 Å². The fourth-order valence-electron chi connectivity index (χ4n) is 5.23. The Labute approximate surface area is 273 Å². The minimum Gasteiger partial charge on any atom is -0.352 e. The number of hydrogen-bond donors (Lipinski definition) is 1. The molecule has 230 valence electrons. The van der Waals surface area contributed by atoms with Crippen LogP contribution in [-0.2, 0) is 26.2 Å². The smallest absolute Gasteiger partial charge is 0.264 e. The van der Waals surface area contributed by atoms with Crippen molar-refractivity contribution in [3.8, 4) is 0 Å². The van der Waals surface area contributed by atoms with Gasteiger partial charge in [0.1, 0.15) is 12.6 Å². The molecule has 0 bridgehead atoms. The largest absolute Gasteiger partial charge is 0.352 e. The number of carbonyl (C=O) groups excluding carboxylic acids is 2. The maximum Gasteiger partial charge on any atom is 0.264 e. The van der Waals surface area contributed by atoms with E-state index in [1.165, 1.54) is 35.2 Å². The van der Waals surface area contributed by atoms with Crippen LogP contribution in [0.2, 0.25) is 20.1 Å². The molecule has 1 aliphatic rings. The van der Waals surface area contributed by atoms with Crippen molar-refractivity contribution in [2.45, 2.75) is 69.0 Å². The summed E-state index contributed by atoms with van der Waals surface area (Å²) in [6, 6.07) is 16.1. The maximum absolute atomic E-state index is 14.3. The van der Waals surface area contributed by atoms with Gasteiger partial charge in [-0.05, 0) is 67.3 Å². The van der Waals surface area contributed by atoms with E-state index in [2.05, 4.69) is 5.32 Å². The zero-order valence-corrected chi connectivity index (χ0v) is 27.5. The van der Waals surface area contributed by atoms with Gasteiger partial charge in [0.05, 0.1) is 10.6 Å². The van der Waals surface area contributed by atoms with E-state index in [4.69, 9.17) is 46.4 Å². The highest BCUT2D eigenvalue weighted by Crippen LogP contribution is 2.31. The van der Waals surface area contributed by atoms with Crippen molar-refractivity contribution in [3.05, 3.63) is 92.4 Å². The molecule has 0 heterocycles. The van der Waals surface area contributed by atoms with Crippen LogP contribution >= 0.6 is 46.4 Å². The lowest BCUT2D eigenvalue weighted by Crippen LogP contribution is -2.54. The van der Waals surface area contributed by atoms with Gasteiger partial charge in [-0.3, -0.25) is 13.9 Å². The summed E-state index contributed by atoms with van der Waals surface area (Å²) < 4.78 is 28.9. The quantitative estimate of drug-likeness (QED) is 0.224. The molecule has 3 aromatic rings. The van der Waals surface area contributed by atoms with Crippen molar-refractivity contribution in [2.75, 3.05) is 10.8 Å². The third kappa shape index (κ3) is 8.58. The number of halogens is 4. The molecule has 0 radical (unpaired) electrons. The molecular weight excluding hydrogens is 652 g/mol. The molecular formula is C31H33Cl4N3O4S. The summed E-state index contributed by atoms with van der Waals surface area (Å²) >= 11 is 25.1. The number of benzene rings is 3. The lowest BCUT2D eigenvalue weighted by molar-refractivity contribution is -0.140. The molecule has 7 nitrogen and oxygen atoms in total. The molecule has 0 spiro atoms. The van der Waals surface area contributed by atoms with Crippen LogP contribution in [0.1, 0.15) is 51.0 Å². The Bertz CT molecular complexity index is 1530. The molecule has 0 aliphatic heterocycles. The predicted molar refractivity (Wildman–Crippen MR) is 174 cm³/mol. The fourth-order valence-corrected chi connectivity index (χ4v) is 7.63. The monoisotopic (exact) mass is 683 g/mol. The SMILES string of the molecule is CC[C@@H](C(=O)NC1CCCCC1)N(Cc1ccc(Cl)cc1Cl)C(=O)CN(c1cc(Cl)cc(Cl)c1)S(=O)(=O)c1ccccc1. The van der Waals surface area contributed by atoms with E-state index >= 15 is 0 Å². The highest BCUT2D eigenvalue weighted by atomic mass is 35.5. The minimum atomic E-state index is -4.25. The van der Waals surface area contributed by atoms with E-state index < -0.39 is 28.5 Å². The first-order chi connectivity index (χ1) is 20.5. The third-order valence-electron chi connectivity index (χ3n) is 7.44. The number of amides is 2. The number of nitrogens with zero attached hydrogens (tertiary/aromatic N) is 2. The number of sulfonamides is 1. The second-order valence-electron chi connectivity index (χ2n) is 10.5. The molecule has 4 rings (SSSR count). The average Bonchev–Trinajstić information content (AvgIpc) is 2.97. The molecule has 0 saturated heterocycles. The highest BCUT2D eigenvalue weighted by molar-refractivity contribution is 7.92. The van der Waals surface area contributed by atoms with E-state index in [9.17, 15) is 18.0 Å². The van der Waals surface area contributed by atoms with Crippen molar-refractivity contribution < 1.29 is 18.0 Å². The maximum atomic E-state index is 14.3. The molecule has 0 unspecified atom stereocenters. The minimum absolute atomic E-state index is 0.0201. The second-order valence-corrected chi connectivity index (χ2v) is 14.1. The van der Waals surface area contributed by atoms with Gasteiger partial charge in [0.2, 0.25) is 11.8 Å². The Morgan fingerprint density at radius 2 is 1.53 bits per heavy atom. The summed E-state index contributed by atoms with van der Waals surface area (Å²) in [7, 11) is -4.25. The Hall–Kier alpha value is -2.49. The first-order valence-electron chi connectivity index (χ1n) is 14.1. The Morgan fingerprint density at radius 1 is 0.884 bits per heavy atom. The van der Waals surface area contributed by atoms with Crippen molar-refractivity contribution in [3.63, 3.8) is 0 Å². The van der Waals surface area contributed by atoms with Crippen molar-refractivity contribution in [1.29, 1.82) is 0 Å². The van der Waals surface area contributed by atoms with Gasteiger partial charge >= 0.3 is 0 Å². The van der Waals surface area contributed by atoms with Crippen LogP contribution in [0.4, 0.5) is 5.69 Å². The first-order valence-corrected chi connectivity index (χ1v) is 17.0. The molecule has 12 heteroatoms. The summed E-state index contributed by atoms with van der Waals surface area (Å²) in [5.74, 6) is -0.900. The van der Waals surface area contributed by atoms with Crippen LogP contribution in [0.3, 0.4) is 0 Å². The van der Waals surface area contributed by atoms with Crippen molar-refractivity contribution in [2.24, 2.45) is 0 Å². The summed E-state index contributed by atoms with van der Waals surface area (Å²) in [4.78, 5) is 29.3. The fraction of sp³-hybridized carbons (Fsp3) is 0.355. The van der Waals surface area contributed by atoms with Gasteiger partial charge in [-0.2, -0.15) is 0 Å².